The van der Waals surface area contributed by atoms with Crippen LogP contribution in [0.1, 0.15) is 34.2 Å². The van der Waals surface area contributed by atoms with Gasteiger partial charge in [0.05, 0.1) is 12.2 Å². The van der Waals surface area contributed by atoms with Crippen LogP contribution in [0.5, 0.6) is 0 Å². The first kappa shape index (κ1) is 13.3. The number of hydrogen-bond acceptors (Lipinski definition) is 2. The number of benzene rings is 1. The zero-order valence-corrected chi connectivity index (χ0v) is 11.6. The molecule has 0 unspecified atom stereocenters. The van der Waals surface area contributed by atoms with Gasteiger partial charge in [-0.25, -0.2) is 0 Å². The number of aromatic nitrogens is 2. The van der Waals surface area contributed by atoms with Gasteiger partial charge in [-0.05, 0) is 44.5 Å². The summed E-state index contributed by atoms with van der Waals surface area (Å²) in [6.45, 7) is 7.32. The Balaban J connectivity index is 2.10. The number of carbonyl (C=O) groups excluding carboxylic acids is 1. The molecule has 1 N–H and O–H groups in total. The molecule has 0 atom stereocenters. The maximum absolute atomic E-state index is 11.6. The van der Waals surface area contributed by atoms with E-state index in [2.05, 4.69) is 16.5 Å². The summed E-state index contributed by atoms with van der Waals surface area (Å²) in [7, 11) is 0. The van der Waals surface area contributed by atoms with E-state index in [1.807, 2.05) is 49.7 Å². The van der Waals surface area contributed by atoms with E-state index in [4.69, 9.17) is 0 Å². The first-order valence-electron chi connectivity index (χ1n) is 6.48. The lowest BCUT2D eigenvalue weighted by atomic mass is 10.1. The highest BCUT2D eigenvalue weighted by Gasteiger charge is 2.05. The zero-order chi connectivity index (χ0) is 13.8. The molecule has 0 aliphatic rings. The second kappa shape index (κ2) is 5.69. The molecule has 0 fully saturated rings. The van der Waals surface area contributed by atoms with Crippen LogP contribution in [0.15, 0.2) is 30.3 Å². The van der Waals surface area contributed by atoms with E-state index in [1.54, 1.807) is 0 Å². The van der Waals surface area contributed by atoms with Crippen molar-refractivity contribution in [3.63, 3.8) is 0 Å². The molecule has 0 aliphatic carbocycles. The Bertz CT molecular complexity index is 570. The lowest BCUT2D eigenvalue weighted by Crippen LogP contribution is -2.22. The van der Waals surface area contributed by atoms with Crippen LogP contribution in [0.4, 0.5) is 0 Å². The van der Waals surface area contributed by atoms with Gasteiger partial charge in [0.25, 0.3) is 5.91 Å². The second-order valence-electron chi connectivity index (χ2n) is 4.64. The van der Waals surface area contributed by atoms with E-state index < -0.39 is 0 Å². The Kier molecular flexibility index (Phi) is 4.00. The van der Waals surface area contributed by atoms with Gasteiger partial charge in [-0.15, -0.1) is 0 Å². The largest absolute Gasteiger partial charge is 0.352 e. The van der Waals surface area contributed by atoms with Crippen molar-refractivity contribution >= 4 is 5.91 Å². The molecule has 0 spiro atoms. The Morgan fingerprint density at radius 2 is 1.95 bits per heavy atom. The number of amides is 1. The number of carbonyl (C=O) groups is 1. The van der Waals surface area contributed by atoms with Crippen LogP contribution in [0, 0.1) is 13.8 Å². The Morgan fingerprint density at radius 3 is 2.47 bits per heavy atom. The van der Waals surface area contributed by atoms with Crippen molar-refractivity contribution < 1.29 is 4.79 Å². The van der Waals surface area contributed by atoms with E-state index in [9.17, 15) is 4.79 Å². The molecular formula is C15H19N3O. The van der Waals surface area contributed by atoms with Crippen LogP contribution >= 0.6 is 0 Å². The van der Waals surface area contributed by atoms with Gasteiger partial charge in [-0.2, -0.15) is 5.10 Å². The lowest BCUT2D eigenvalue weighted by molar-refractivity contribution is 0.0956. The molecule has 2 rings (SSSR count). The van der Waals surface area contributed by atoms with Crippen molar-refractivity contribution in [2.75, 3.05) is 6.54 Å². The molecule has 1 aromatic carbocycles. The smallest absolute Gasteiger partial charge is 0.251 e. The summed E-state index contributed by atoms with van der Waals surface area (Å²) in [5.41, 5.74) is 4.00. The van der Waals surface area contributed by atoms with Gasteiger partial charge in [0, 0.05) is 17.8 Å². The number of aryl methyl sites for hydroxylation is 2. The average Bonchev–Trinajstić information content (AvgIpc) is 2.69. The Hall–Kier alpha value is -2.10. The number of nitrogens with zero attached hydrogens (tertiary/aromatic N) is 2. The van der Waals surface area contributed by atoms with Crippen molar-refractivity contribution in [1.29, 1.82) is 0 Å². The van der Waals surface area contributed by atoms with Gasteiger partial charge in [0.2, 0.25) is 0 Å². The van der Waals surface area contributed by atoms with Crippen LogP contribution in [0.3, 0.4) is 0 Å². The second-order valence-corrected chi connectivity index (χ2v) is 4.64. The fraction of sp³-hybridized carbons (Fsp3) is 0.333. The fourth-order valence-corrected chi connectivity index (χ4v) is 2.03. The maximum Gasteiger partial charge on any atom is 0.251 e. The summed E-state index contributed by atoms with van der Waals surface area (Å²) in [5, 5.41) is 7.22. The molecule has 0 saturated heterocycles. The molecule has 0 bridgehead atoms. The van der Waals surface area contributed by atoms with Gasteiger partial charge in [0.15, 0.2) is 0 Å². The summed E-state index contributed by atoms with van der Waals surface area (Å²) < 4.78 is 1.97. The molecule has 1 heterocycles. The zero-order valence-electron chi connectivity index (χ0n) is 11.6. The topological polar surface area (TPSA) is 46.9 Å². The number of hydrogen-bond donors (Lipinski definition) is 1. The maximum atomic E-state index is 11.6. The van der Waals surface area contributed by atoms with Gasteiger partial charge in [-0.3, -0.25) is 9.48 Å². The summed E-state index contributed by atoms with van der Waals surface area (Å²) in [6, 6.07) is 9.71. The first-order chi connectivity index (χ1) is 9.10. The first-order valence-corrected chi connectivity index (χ1v) is 6.48. The molecule has 0 saturated carbocycles. The van der Waals surface area contributed by atoms with Crippen LogP contribution in [0.2, 0.25) is 0 Å². The minimum absolute atomic E-state index is 0.0276. The van der Waals surface area contributed by atoms with Gasteiger partial charge in [0.1, 0.15) is 0 Å². The summed E-state index contributed by atoms with van der Waals surface area (Å²) in [5.74, 6) is -0.0276. The molecule has 19 heavy (non-hydrogen) atoms. The SMILES string of the molecule is CCNC(=O)c1ccc(Cn2nc(C)cc2C)cc1. The van der Waals surface area contributed by atoms with Crippen molar-refractivity contribution in [2.45, 2.75) is 27.3 Å². The van der Waals surface area contributed by atoms with Crippen LogP contribution in [-0.4, -0.2) is 22.2 Å². The van der Waals surface area contributed by atoms with E-state index >= 15 is 0 Å². The fourth-order valence-electron chi connectivity index (χ4n) is 2.03. The van der Waals surface area contributed by atoms with Crippen LogP contribution < -0.4 is 5.32 Å². The van der Waals surface area contributed by atoms with Crippen LogP contribution in [0.25, 0.3) is 0 Å². The number of nitrogens with one attached hydrogen (secondary N) is 1. The molecule has 1 amide bonds. The van der Waals surface area contributed by atoms with E-state index in [0.717, 1.165) is 23.5 Å². The highest BCUT2D eigenvalue weighted by molar-refractivity contribution is 5.94. The molecule has 100 valence electrons. The van der Waals surface area contributed by atoms with Crippen molar-refractivity contribution in [1.82, 2.24) is 15.1 Å². The third-order valence-corrected chi connectivity index (χ3v) is 2.99. The molecule has 0 radical (unpaired) electrons. The van der Waals surface area contributed by atoms with E-state index in [0.29, 0.717) is 12.1 Å². The molecule has 2 aromatic rings. The summed E-state index contributed by atoms with van der Waals surface area (Å²) >= 11 is 0. The highest BCUT2D eigenvalue weighted by atomic mass is 16.1. The average molecular weight is 257 g/mol. The normalized spacial score (nSPS) is 10.5. The third kappa shape index (κ3) is 3.22. The van der Waals surface area contributed by atoms with E-state index in [1.165, 1.54) is 0 Å². The lowest BCUT2D eigenvalue weighted by Gasteiger charge is -2.06. The van der Waals surface area contributed by atoms with Gasteiger partial charge < -0.3 is 5.32 Å². The monoisotopic (exact) mass is 257 g/mol. The minimum Gasteiger partial charge on any atom is -0.352 e. The van der Waals surface area contributed by atoms with Crippen molar-refractivity contribution in [3.8, 4) is 0 Å². The minimum atomic E-state index is -0.0276. The van der Waals surface area contributed by atoms with Gasteiger partial charge in [-0.1, -0.05) is 12.1 Å². The summed E-state index contributed by atoms with van der Waals surface area (Å²) in [6.07, 6.45) is 0. The standard InChI is InChI=1S/C15H19N3O/c1-4-16-15(19)14-7-5-13(6-8-14)10-18-12(3)9-11(2)17-18/h5-9H,4,10H2,1-3H3,(H,16,19). The van der Waals surface area contributed by atoms with Gasteiger partial charge >= 0.3 is 0 Å². The Labute approximate surface area is 113 Å². The number of rotatable bonds is 4. The summed E-state index contributed by atoms with van der Waals surface area (Å²) in [4.78, 5) is 11.6. The highest BCUT2D eigenvalue weighted by Crippen LogP contribution is 2.09. The van der Waals surface area contributed by atoms with Crippen molar-refractivity contribution in [3.05, 3.63) is 52.8 Å². The Morgan fingerprint density at radius 1 is 1.26 bits per heavy atom. The predicted molar refractivity (Wildman–Crippen MR) is 75.3 cm³/mol. The van der Waals surface area contributed by atoms with E-state index in [-0.39, 0.29) is 5.91 Å². The van der Waals surface area contributed by atoms with Crippen molar-refractivity contribution in [2.24, 2.45) is 0 Å². The molecule has 0 aliphatic heterocycles. The molecular weight excluding hydrogens is 238 g/mol. The third-order valence-electron chi connectivity index (χ3n) is 2.99. The molecule has 4 heteroatoms. The quantitative estimate of drug-likeness (QED) is 0.913. The van der Waals surface area contributed by atoms with Crippen LogP contribution in [-0.2, 0) is 6.54 Å². The predicted octanol–water partition coefficient (Wildman–Crippen LogP) is 2.30. The molecule has 1 aromatic heterocycles. The molecule has 4 nitrogen and oxygen atoms in total.